The smallest absolute Gasteiger partial charge is 0.431 e. The van der Waals surface area contributed by atoms with Gasteiger partial charge in [0.25, 0.3) is 0 Å². The van der Waals surface area contributed by atoms with Crippen LogP contribution in [0.5, 0.6) is 0 Å². The monoisotopic (exact) mass is 341 g/mol. The molecule has 1 aromatic rings. The lowest BCUT2D eigenvalue weighted by atomic mass is 10.2. The lowest BCUT2D eigenvalue weighted by Crippen LogP contribution is -2.33. The van der Waals surface area contributed by atoms with Crippen LogP contribution in [0.25, 0.3) is 0 Å². The third-order valence-electron chi connectivity index (χ3n) is 3.24. The molecule has 128 valence electrons. The Kier molecular flexibility index (Phi) is 5.31. The zero-order chi connectivity index (χ0) is 17.1. The van der Waals surface area contributed by atoms with Crippen LogP contribution in [0, 0.1) is 0 Å². The van der Waals surface area contributed by atoms with E-state index in [9.17, 15) is 13.2 Å². The van der Waals surface area contributed by atoms with Gasteiger partial charge in [0.15, 0.2) is 9.84 Å². The van der Waals surface area contributed by atoms with E-state index in [2.05, 4.69) is 5.48 Å². The largest absolute Gasteiger partial charge is 0.442 e. The molecule has 0 spiro atoms. The number of amides is 1. The maximum absolute atomic E-state index is 12.2. The summed E-state index contributed by atoms with van der Waals surface area (Å²) in [5.41, 5.74) is 2.46. The first kappa shape index (κ1) is 17.7. The molecule has 0 radical (unpaired) electrons. The van der Waals surface area contributed by atoms with E-state index in [-0.39, 0.29) is 11.9 Å². The zero-order valence-electron chi connectivity index (χ0n) is 13.7. The molecule has 1 amide bonds. The van der Waals surface area contributed by atoms with Crippen molar-refractivity contribution in [3.63, 3.8) is 0 Å². The van der Waals surface area contributed by atoms with Crippen LogP contribution in [-0.2, 0) is 25.8 Å². The number of hydroxylamine groups is 1. The van der Waals surface area contributed by atoms with Crippen molar-refractivity contribution in [3.05, 3.63) is 29.8 Å². The van der Waals surface area contributed by atoms with Crippen LogP contribution in [0.3, 0.4) is 0 Å². The van der Waals surface area contributed by atoms with Crippen LogP contribution >= 0.6 is 0 Å². The summed E-state index contributed by atoms with van der Waals surface area (Å²) in [6.07, 6.45) is 1.33. The minimum atomic E-state index is -3.18. The molecule has 6 nitrogen and oxygen atoms in total. The van der Waals surface area contributed by atoms with E-state index in [0.29, 0.717) is 11.3 Å². The summed E-state index contributed by atoms with van der Waals surface area (Å²) in [6, 6.07) is 6.86. The molecule has 0 aromatic heterocycles. The third kappa shape index (κ3) is 5.51. The van der Waals surface area contributed by atoms with Gasteiger partial charge in [-0.3, -0.25) is 4.84 Å². The molecule has 2 rings (SSSR count). The second-order valence-electron chi connectivity index (χ2n) is 6.59. The molecular formula is C16H23NO5S. The van der Waals surface area contributed by atoms with Gasteiger partial charge in [0.05, 0.1) is 16.8 Å². The van der Waals surface area contributed by atoms with Crippen LogP contribution in [0.4, 0.5) is 4.79 Å². The fraction of sp³-hybridized carbons (Fsp3) is 0.562. The third-order valence-corrected chi connectivity index (χ3v) is 5.50. The molecule has 7 heteroatoms. The summed E-state index contributed by atoms with van der Waals surface area (Å²) < 4.78 is 29.4. The lowest BCUT2D eigenvalue weighted by molar-refractivity contribution is -0.00687. The molecular weight excluding hydrogens is 318 g/mol. The fourth-order valence-corrected chi connectivity index (χ4v) is 3.75. The SMILES string of the molecule is CC(C)(C)OC(=O)NOCCc1cccc(S(=O)(=O)C2CC2)c1. The van der Waals surface area contributed by atoms with Crippen LogP contribution in [0.1, 0.15) is 39.2 Å². The van der Waals surface area contributed by atoms with E-state index in [4.69, 9.17) is 9.57 Å². The van der Waals surface area contributed by atoms with E-state index in [0.717, 1.165) is 18.4 Å². The summed E-state index contributed by atoms with van der Waals surface area (Å²) in [4.78, 5) is 16.8. The van der Waals surface area contributed by atoms with Crippen LogP contribution in [-0.4, -0.2) is 32.0 Å². The summed E-state index contributed by atoms with van der Waals surface area (Å²) in [5.74, 6) is 0. The molecule has 23 heavy (non-hydrogen) atoms. The van der Waals surface area contributed by atoms with E-state index < -0.39 is 21.5 Å². The molecule has 1 aliphatic rings. The number of benzene rings is 1. The Morgan fingerprint density at radius 2 is 2.00 bits per heavy atom. The van der Waals surface area contributed by atoms with Gasteiger partial charge in [-0.15, -0.1) is 0 Å². The first-order valence-electron chi connectivity index (χ1n) is 7.62. The quantitative estimate of drug-likeness (QED) is 0.635. The van der Waals surface area contributed by atoms with Crippen molar-refractivity contribution in [2.24, 2.45) is 0 Å². The highest BCUT2D eigenvalue weighted by atomic mass is 32.2. The Hall–Kier alpha value is -1.60. The minimum absolute atomic E-state index is 0.220. The van der Waals surface area contributed by atoms with Gasteiger partial charge in [-0.1, -0.05) is 12.1 Å². The number of nitrogens with one attached hydrogen (secondary N) is 1. The lowest BCUT2D eigenvalue weighted by Gasteiger charge is -2.19. The Bertz CT molecular complexity index is 659. The average molecular weight is 341 g/mol. The van der Waals surface area contributed by atoms with Crippen molar-refractivity contribution in [1.82, 2.24) is 5.48 Å². The minimum Gasteiger partial charge on any atom is -0.442 e. The second-order valence-corrected chi connectivity index (χ2v) is 8.82. The van der Waals surface area contributed by atoms with Gasteiger partial charge in [-0.2, -0.15) is 5.48 Å². The van der Waals surface area contributed by atoms with Gasteiger partial charge in [0.1, 0.15) is 5.60 Å². The Morgan fingerprint density at radius 3 is 2.61 bits per heavy atom. The predicted octanol–water partition coefficient (Wildman–Crippen LogP) is 2.62. The topological polar surface area (TPSA) is 81.7 Å². The van der Waals surface area contributed by atoms with Crippen molar-refractivity contribution >= 4 is 15.9 Å². The normalized spacial score (nSPS) is 15.3. The maximum atomic E-state index is 12.2. The van der Waals surface area contributed by atoms with Crippen LogP contribution < -0.4 is 5.48 Å². The molecule has 0 atom stereocenters. The van der Waals surface area contributed by atoms with Gasteiger partial charge in [-0.05, 0) is 57.7 Å². The van der Waals surface area contributed by atoms with Crippen LogP contribution in [0.15, 0.2) is 29.2 Å². The first-order valence-corrected chi connectivity index (χ1v) is 9.17. The number of carbonyl (C=O) groups is 1. The molecule has 1 aliphatic carbocycles. The second kappa shape index (κ2) is 6.88. The number of hydrogen-bond acceptors (Lipinski definition) is 5. The van der Waals surface area contributed by atoms with Crippen molar-refractivity contribution in [1.29, 1.82) is 0 Å². The maximum Gasteiger partial charge on any atom is 0.431 e. The number of carbonyl (C=O) groups excluding carboxylic acids is 1. The molecule has 1 aromatic carbocycles. The molecule has 0 aliphatic heterocycles. The van der Waals surface area contributed by atoms with Gasteiger partial charge in [-0.25, -0.2) is 13.2 Å². The summed E-state index contributed by atoms with van der Waals surface area (Å²) >= 11 is 0. The Balaban J connectivity index is 1.82. The summed E-state index contributed by atoms with van der Waals surface area (Å²) in [7, 11) is -3.18. The number of hydrogen-bond donors (Lipinski definition) is 1. The molecule has 1 N–H and O–H groups in total. The number of ether oxygens (including phenoxy) is 1. The zero-order valence-corrected chi connectivity index (χ0v) is 14.5. The standard InChI is InChI=1S/C16H23NO5S/c1-16(2,3)22-15(18)17-21-10-9-12-5-4-6-14(11-12)23(19,20)13-7-8-13/h4-6,11,13H,7-10H2,1-3H3,(H,17,18). The highest BCUT2D eigenvalue weighted by molar-refractivity contribution is 7.92. The van der Waals surface area contributed by atoms with Gasteiger partial charge in [0.2, 0.25) is 0 Å². The van der Waals surface area contributed by atoms with Crippen molar-refractivity contribution in [2.75, 3.05) is 6.61 Å². The number of rotatable bonds is 6. The van der Waals surface area contributed by atoms with Crippen molar-refractivity contribution < 1.29 is 22.8 Å². The summed E-state index contributed by atoms with van der Waals surface area (Å²) in [5, 5.41) is -0.220. The highest BCUT2D eigenvalue weighted by Crippen LogP contribution is 2.33. The Morgan fingerprint density at radius 1 is 1.30 bits per heavy atom. The predicted molar refractivity (Wildman–Crippen MR) is 85.7 cm³/mol. The highest BCUT2D eigenvalue weighted by Gasteiger charge is 2.36. The van der Waals surface area contributed by atoms with E-state index >= 15 is 0 Å². The van der Waals surface area contributed by atoms with Crippen molar-refractivity contribution in [2.45, 2.75) is 55.8 Å². The number of sulfone groups is 1. The molecule has 0 heterocycles. The van der Waals surface area contributed by atoms with Gasteiger partial charge >= 0.3 is 6.09 Å². The molecule has 1 saturated carbocycles. The average Bonchev–Trinajstić information content (AvgIpc) is 3.27. The van der Waals surface area contributed by atoms with E-state index in [1.807, 2.05) is 6.07 Å². The molecule has 0 bridgehead atoms. The molecule has 1 fully saturated rings. The van der Waals surface area contributed by atoms with E-state index in [1.54, 1.807) is 39.0 Å². The molecule has 0 saturated heterocycles. The molecule has 0 unspecified atom stereocenters. The summed E-state index contributed by atoms with van der Waals surface area (Å²) in [6.45, 7) is 5.52. The van der Waals surface area contributed by atoms with Crippen LogP contribution in [0.2, 0.25) is 0 Å². The fourth-order valence-electron chi connectivity index (χ4n) is 2.03. The Labute approximate surface area is 137 Å². The van der Waals surface area contributed by atoms with Gasteiger partial charge in [0, 0.05) is 0 Å². The van der Waals surface area contributed by atoms with E-state index in [1.165, 1.54) is 0 Å². The first-order chi connectivity index (χ1) is 10.7. The van der Waals surface area contributed by atoms with Crippen molar-refractivity contribution in [3.8, 4) is 0 Å². The van der Waals surface area contributed by atoms with Gasteiger partial charge < -0.3 is 4.74 Å².